The van der Waals surface area contributed by atoms with E-state index >= 15 is 0 Å². The first-order chi connectivity index (χ1) is 7.87. The zero-order chi connectivity index (χ0) is 13.1. The zero-order valence-corrected chi connectivity index (χ0v) is 9.98. The molecular formula is C11H13N5O. The van der Waals surface area contributed by atoms with Gasteiger partial charge in [-0.2, -0.15) is 10.5 Å². The summed E-state index contributed by atoms with van der Waals surface area (Å²) in [5.74, 6) is -0.226. The highest BCUT2D eigenvalue weighted by Crippen LogP contribution is 2.05. The Labute approximate surface area is 99.5 Å². The number of aromatic nitrogens is 2. The van der Waals surface area contributed by atoms with E-state index in [0.29, 0.717) is 0 Å². The molecule has 0 aliphatic carbocycles. The number of imidazole rings is 1. The van der Waals surface area contributed by atoms with Crippen LogP contribution >= 0.6 is 0 Å². The van der Waals surface area contributed by atoms with Crippen LogP contribution in [0.5, 0.6) is 0 Å². The lowest BCUT2D eigenvalue weighted by Crippen LogP contribution is -2.42. The predicted molar refractivity (Wildman–Crippen MR) is 59.6 cm³/mol. The van der Waals surface area contributed by atoms with Crippen molar-refractivity contribution < 1.29 is 4.79 Å². The van der Waals surface area contributed by atoms with Crippen LogP contribution in [0.1, 0.15) is 32.2 Å². The molecular weight excluding hydrogens is 218 g/mol. The molecule has 1 rings (SSSR count). The molecule has 0 aromatic carbocycles. The van der Waals surface area contributed by atoms with Gasteiger partial charge in [-0.25, -0.2) is 4.98 Å². The molecule has 6 heteroatoms. The highest BCUT2D eigenvalue weighted by Gasteiger charge is 2.16. The Morgan fingerprint density at radius 2 is 2.12 bits per heavy atom. The predicted octanol–water partition coefficient (Wildman–Crippen LogP) is 0.541. The summed E-state index contributed by atoms with van der Waals surface area (Å²) in [5, 5.41) is 20.3. The van der Waals surface area contributed by atoms with Crippen molar-refractivity contribution in [1.82, 2.24) is 14.9 Å². The molecule has 0 aliphatic heterocycles. The van der Waals surface area contributed by atoms with Crippen molar-refractivity contribution >= 4 is 5.91 Å². The molecule has 0 radical (unpaired) electrons. The minimum Gasteiger partial charge on any atom is -0.350 e. The summed E-state index contributed by atoms with van der Waals surface area (Å²) in [5.41, 5.74) is -0.185. The molecule has 0 bridgehead atoms. The number of carbonyl (C=O) groups excluding carboxylic acids is 1. The van der Waals surface area contributed by atoms with E-state index in [1.54, 1.807) is 6.07 Å². The maximum absolute atomic E-state index is 11.6. The molecule has 0 atom stereocenters. The first-order valence-electron chi connectivity index (χ1n) is 5.03. The molecule has 6 nitrogen and oxygen atoms in total. The standard InChI is InChI=1S/C11H13N5O/c1-11(2,3)15-10(17)6-16-7-14-8(4-12)9(16)5-13/h7H,6H2,1-3H3,(H,15,17). The topological polar surface area (TPSA) is 94.5 Å². The summed E-state index contributed by atoms with van der Waals surface area (Å²) in [6.45, 7) is 5.58. The van der Waals surface area contributed by atoms with Gasteiger partial charge in [0.05, 0.1) is 6.33 Å². The van der Waals surface area contributed by atoms with E-state index in [1.807, 2.05) is 26.8 Å². The van der Waals surface area contributed by atoms with E-state index in [4.69, 9.17) is 10.5 Å². The van der Waals surface area contributed by atoms with Crippen LogP contribution in [0, 0.1) is 22.7 Å². The lowest BCUT2D eigenvalue weighted by molar-refractivity contribution is -0.123. The third kappa shape index (κ3) is 3.32. The Hall–Kier alpha value is -2.34. The summed E-state index contributed by atoms with van der Waals surface area (Å²) in [6.07, 6.45) is 1.32. The van der Waals surface area contributed by atoms with Crippen LogP contribution in [0.4, 0.5) is 0 Å². The Bertz CT molecular complexity index is 509. The van der Waals surface area contributed by atoms with Crippen molar-refractivity contribution in [1.29, 1.82) is 10.5 Å². The summed E-state index contributed by atoms with van der Waals surface area (Å²) in [4.78, 5) is 15.4. The van der Waals surface area contributed by atoms with Crippen LogP contribution in [0.25, 0.3) is 0 Å². The lowest BCUT2D eigenvalue weighted by atomic mass is 10.1. The second-order valence-corrected chi connectivity index (χ2v) is 4.59. The fourth-order valence-electron chi connectivity index (χ4n) is 1.31. The molecule has 0 saturated carbocycles. The Morgan fingerprint density at radius 1 is 1.47 bits per heavy atom. The van der Waals surface area contributed by atoms with E-state index in [0.717, 1.165) is 0 Å². The maximum Gasteiger partial charge on any atom is 0.240 e. The maximum atomic E-state index is 11.6. The lowest BCUT2D eigenvalue weighted by Gasteiger charge is -2.20. The van der Waals surface area contributed by atoms with E-state index in [1.165, 1.54) is 10.9 Å². The largest absolute Gasteiger partial charge is 0.350 e. The van der Waals surface area contributed by atoms with Gasteiger partial charge in [-0.05, 0) is 20.8 Å². The molecule has 0 aliphatic rings. The molecule has 0 fully saturated rings. The molecule has 1 amide bonds. The van der Waals surface area contributed by atoms with E-state index in [2.05, 4.69) is 10.3 Å². The Kier molecular flexibility index (Phi) is 3.49. The average Bonchev–Trinajstić information content (AvgIpc) is 2.56. The van der Waals surface area contributed by atoms with Crippen molar-refractivity contribution in [2.45, 2.75) is 32.9 Å². The number of rotatable bonds is 2. The van der Waals surface area contributed by atoms with Crippen LogP contribution in [-0.2, 0) is 11.3 Å². The van der Waals surface area contributed by atoms with Gasteiger partial charge < -0.3 is 9.88 Å². The van der Waals surface area contributed by atoms with Crippen LogP contribution in [0.3, 0.4) is 0 Å². The number of amides is 1. The first kappa shape index (κ1) is 12.7. The fraction of sp³-hybridized carbons (Fsp3) is 0.455. The molecule has 1 aromatic rings. The summed E-state index contributed by atoms with van der Waals surface area (Å²) in [6, 6.07) is 3.66. The SMILES string of the molecule is CC(C)(C)NC(=O)Cn1cnc(C#N)c1C#N. The summed E-state index contributed by atoms with van der Waals surface area (Å²) in [7, 11) is 0. The molecule has 0 spiro atoms. The minimum atomic E-state index is -0.331. The van der Waals surface area contributed by atoms with Crippen LogP contribution in [-0.4, -0.2) is 21.0 Å². The number of nitrogens with one attached hydrogen (secondary N) is 1. The molecule has 0 saturated heterocycles. The van der Waals surface area contributed by atoms with Crippen LogP contribution in [0.15, 0.2) is 6.33 Å². The van der Waals surface area contributed by atoms with Gasteiger partial charge in [0, 0.05) is 5.54 Å². The van der Waals surface area contributed by atoms with Gasteiger partial charge in [-0.1, -0.05) is 0 Å². The third-order valence-electron chi connectivity index (χ3n) is 1.88. The van der Waals surface area contributed by atoms with Gasteiger partial charge in [0.1, 0.15) is 18.7 Å². The van der Waals surface area contributed by atoms with Crippen LogP contribution < -0.4 is 5.32 Å². The van der Waals surface area contributed by atoms with Gasteiger partial charge >= 0.3 is 0 Å². The van der Waals surface area contributed by atoms with Crippen LogP contribution in [0.2, 0.25) is 0 Å². The number of nitrogens with zero attached hydrogens (tertiary/aromatic N) is 4. The molecule has 17 heavy (non-hydrogen) atoms. The van der Waals surface area contributed by atoms with Gasteiger partial charge in [0.2, 0.25) is 5.91 Å². The Balaban J connectivity index is 2.84. The molecule has 1 N–H and O–H groups in total. The highest BCUT2D eigenvalue weighted by atomic mass is 16.2. The quantitative estimate of drug-likeness (QED) is 0.803. The molecule has 1 heterocycles. The molecule has 1 aromatic heterocycles. The van der Waals surface area contributed by atoms with E-state index in [-0.39, 0.29) is 29.4 Å². The summed E-state index contributed by atoms with van der Waals surface area (Å²) >= 11 is 0. The third-order valence-corrected chi connectivity index (χ3v) is 1.88. The Morgan fingerprint density at radius 3 is 2.59 bits per heavy atom. The monoisotopic (exact) mass is 231 g/mol. The number of hydrogen-bond acceptors (Lipinski definition) is 4. The normalized spacial score (nSPS) is 10.4. The highest BCUT2D eigenvalue weighted by molar-refractivity contribution is 5.76. The van der Waals surface area contributed by atoms with Crippen molar-refractivity contribution in [3.8, 4) is 12.1 Å². The van der Waals surface area contributed by atoms with E-state index < -0.39 is 0 Å². The van der Waals surface area contributed by atoms with Crippen molar-refractivity contribution in [2.75, 3.05) is 0 Å². The fourth-order valence-corrected chi connectivity index (χ4v) is 1.31. The second kappa shape index (κ2) is 4.67. The number of carbonyl (C=O) groups is 1. The molecule has 0 unspecified atom stereocenters. The van der Waals surface area contributed by atoms with Gasteiger partial charge in [-0.3, -0.25) is 4.79 Å². The smallest absolute Gasteiger partial charge is 0.240 e. The average molecular weight is 231 g/mol. The first-order valence-corrected chi connectivity index (χ1v) is 5.03. The van der Waals surface area contributed by atoms with Crippen molar-refractivity contribution in [3.63, 3.8) is 0 Å². The zero-order valence-electron chi connectivity index (χ0n) is 9.98. The van der Waals surface area contributed by atoms with E-state index in [9.17, 15) is 4.79 Å². The second-order valence-electron chi connectivity index (χ2n) is 4.59. The van der Waals surface area contributed by atoms with Crippen molar-refractivity contribution in [2.24, 2.45) is 0 Å². The number of hydrogen-bond donors (Lipinski definition) is 1. The van der Waals surface area contributed by atoms with Gasteiger partial charge in [-0.15, -0.1) is 0 Å². The molecule has 88 valence electrons. The van der Waals surface area contributed by atoms with Crippen molar-refractivity contribution in [3.05, 3.63) is 17.7 Å². The van der Waals surface area contributed by atoms with Gasteiger partial charge in [0.15, 0.2) is 11.4 Å². The minimum absolute atomic E-state index is 0.0190. The van der Waals surface area contributed by atoms with Gasteiger partial charge in [0.25, 0.3) is 0 Å². The number of nitriles is 2. The summed E-state index contributed by atoms with van der Waals surface area (Å²) < 4.78 is 1.36.